The molecule has 8 nitrogen and oxygen atoms in total. The number of benzene rings is 1. The van der Waals surface area contributed by atoms with E-state index >= 15 is 0 Å². The molecule has 1 heterocycles. The maximum absolute atomic E-state index is 12.2. The number of allylic oxidation sites excluding steroid dienone is 2. The first-order chi connectivity index (χ1) is 16.4. The van der Waals surface area contributed by atoms with Gasteiger partial charge in [-0.1, -0.05) is 47.7 Å². The summed E-state index contributed by atoms with van der Waals surface area (Å²) in [6.45, 7) is 12.4. The molecule has 1 fully saturated rings. The minimum atomic E-state index is -0.809. The molecule has 1 aromatic carbocycles. The van der Waals surface area contributed by atoms with Gasteiger partial charge >= 0.3 is 6.03 Å². The molecule has 0 bridgehead atoms. The molecule has 1 aliphatic rings. The Labute approximate surface area is 218 Å². The van der Waals surface area contributed by atoms with Gasteiger partial charge in [0, 0.05) is 31.5 Å². The highest BCUT2D eigenvalue weighted by Crippen LogP contribution is 2.31. The van der Waals surface area contributed by atoms with E-state index in [9.17, 15) is 19.5 Å². The number of hydrogen-bond acceptors (Lipinski definition) is 6. The summed E-state index contributed by atoms with van der Waals surface area (Å²) in [6, 6.07) is 7.94. The van der Waals surface area contributed by atoms with E-state index in [2.05, 4.69) is 54.8 Å². The Kier molecular flexibility index (Phi) is 13.0. The van der Waals surface area contributed by atoms with Crippen LogP contribution in [0.2, 0.25) is 0 Å². The summed E-state index contributed by atoms with van der Waals surface area (Å²) < 4.78 is 0. The molecule has 0 saturated carbocycles. The predicted molar refractivity (Wildman–Crippen MR) is 146 cm³/mol. The van der Waals surface area contributed by atoms with Gasteiger partial charge in [-0.3, -0.25) is 15.0 Å². The average molecular weight is 523 g/mol. The van der Waals surface area contributed by atoms with Gasteiger partial charge in [-0.05, 0) is 57.6 Å². The zero-order valence-electron chi connectivity index (χ0n) is 21.4. The molecule has 0 spiro atoms. The molecule has 0 radical (unpaired) electrons. The molecular formula is C25H38N4O4S2. The largest absolute Gasteiger partial charge is 0.391 e. The lowest BCUT2D eigenvalue weighted by molar-refractivity contribution is -0.123. The lowest BCUT2D eigenvalue weighted by Crippen LogP contribution is -2.58. The van der Waals surface area contributed by atoms with Gasteiger partial charge in [-0.2, -0.15) is 0 Å². The first-order valence-corrected chi connectivity index (χ1v) is 12.7. The normalized spacial score (nSPS) is 15.2. The maximum atomic E-state index is 12.2. The molecule has 35 heavy (non-hydrogen) atoms. The Morgan fingerprint density at radius 1 is 1.26 bits per heavy atom. The van der Waals surface area contributed by atoms with E-state index in [4.69, 9.17) is 0 Å². The van der Waals surface area contributed by atoms with Gasteiger partial charge in [0.25, 0.3) is 0 Å². The molecule has 1 saturated heterocycles. The number of aliphatic hydroxyl groups excluding tert-OH is 1. The Morgan fingerprint density at radius 3 is 2.31 bits per heavy atom. The van der Waals surface area contributed by atoms with E-state index in [1.807, 2.05) is 25.1 Å². The highest BCUT2D eigenvalue weighted by Gasteiger charge is 2.35. The second-order valence-corrected chi connectivity index (χ2v) is 10.8. The van der Waals surface area contributed by atoms with Crippen molar-refractivity contribution >= 4 is 47.6 Å². The molecule has 1 aromatic rings. The third kappa shape index (κ3) is 10.8. The average Bonchev–Trinajstić information content (AvgIpc) is 3.22. The molecular weight excluding hydrogens is 484 g/mol. The van der Waals surface area contributed by atoms with Gasteiger partial charge in [0.15, 0.2) is 0 Å². The number of likely N-dealkylation sites (tertiary alicyclic amines) is 1. The number of β-amino-alcohol motifs (C(OH)–C–C–N with tert-alkyl or cyclic N) is 1. The fourth-order valence-corrected chi connectivity index (χ4v) is 4.09. The minimum Gasteiger partial charge on any atom is -0.391 e. The van der Waals surface area contributed by atoms with Crippen LogP contribution in [0.4, 0.5) is 4.79 Å². The summed E-state index contributed by atoms with van der Waals surface area (Å²) >= 11 is 6.01. The smallest absolute Gasteiger partial charge is 0.340 e. The number of carbonyl (C=O) groups excluding carboxylic acids is 3. The maximum Gasteiger partial charge on any atom is 0.340 e. The quantitative estimate of drug-likeness (QED) is 0.187. The Hall–Kier alpha value is -2.43. The van der Waals surface area contributed by atoms with Crippen molar-refractivity contribution in [2.24, 2.45) is 0 Å². The van der Waals surface area contributed by atoms with Crippen LogP contribution in [0.3, 0.4) is 0 Å². The van der Waals surface area contributed by atoms with Gasteiger partial charge in [0.05, 0.1) is 6.10 Å². The summed E-state index contributed by atoms with van der Waals surface area (Å²) in [5.74, 6) is -0.333. The van der Waals surface area contributed by atoms with Crippen LogP contribution in [0.5, 0.6) is 0 Å². The highest BCUT2D eigenvalue weighted by molar-refractivity contribution is 8.10. The molecule has 3 N–H and O–H groups in total. The minimum absolute atomic E-state index is 0.290. The van der Waals surface area contributed by atoms with E-state index in [1.54, 1.807) is 25.6 Å². The number of carbonyl (C=O) groups is 3. The summed E-state index contributed by atoms with van der Waals surface area (Å²) in [5.41, 5.74) is 6.08. The predicted octanol–water partition coefficient (Wildman–Crippen LogP) is 4.14. The van der Waals surface area contributed by atoms with E-state index in [1.165, 1.54) is 32.9 Å². The van der Waals surface area contributed by atoms with Gasteiger partial charge in [-0.25, -0.2) is 9.80 Å². The molecule has 1 aliphatic heterocycles. The number of urea groups is 1. The van der Waals surface area contributed by atoms with Crippen LogP contribution in [0.15, 0.2) is 41.3 Å². The molecule has 0 aromatic heterocycles. The number of nitrogens with zero attached hydrogens (tertiary/aromatic N) is 2. The van der Waals surface area contributed by atoms with Crippen LogP contribution < -0.4 is 10.7 Å². The van der Waals surface area contributed by atoms with Crippen LogP contribution >= 0.6 is 24.4 Å². The summed E-state index contributed by atoms with van der Waals surface area (Å²) in [6.07, 6.45) is 2.83. The topological polar surface area (TPSA) is 102 Å². The van der Waals surface area contributed by atoms with Crippen LogP contribution in [0.25, 0.3) is 4.91 Å². The Balaban J connectivity index is 0.000000351. The number of thioether (sulfide) groups is 1. The second-order valence-electron chi connectivity index (χ2n) is 8.78. The van der Waals surface area contributed by atoms with Crippen molar-refractivity contribution in [1.29, 1.82) is 0 Å². The second kappa shape index (κ2) is 14.9. The molecule has 4 amide bonds. The van der Waals surface area contributed by atoms with E-state index in [0.29, 0.717) is 26.1 Å². The first kappa shape index (κ1) is 30.6. The van der Waals surface area contributed by atoms with Gasteiger partial charge in [-0.15, -0.1) is 12.6 Å². The van der Waals surface area contributed by atoms with Crippen molar-refractivity contribution in [2.45, 2.75) is 65.5 Å². The van der Waals surface area contributed by atoms with Gasteiger partial charge < -0.3 is 15.3 Å². The number of aliphatic hydroxyl groups is 1. The lowest BCUT2D eigenvalue weighted by atomic mass is 10.1. The number of hydrogen-bond donors (Lipinski definition) is 4. The fraction of sp³-hybridized carbons (Fsp3) is 0.480. The number of nitrogens with one attached hydrogen (secondary N) is 2. The third-order valence-electron chi connectivity index (χ3n) is 4.82. The summed E-state index contributed by atoms with van der Waals surface area (Å²) in [4.78, 5) is 35.4. The van der Waals surface area contributed by atoms with Crippen LogP contribution in [0.1, 0.15) is 59.1 Å². The molecule has 1 unspecified atom stereocenters. The highest BCUT2D eigenvalue weighted by atomic mass is 32.2. The molecule has 0 aliphatic carbocycles. The number of hydrazine groups is 1. The van der Waals surface area contributed by atoms with E-state index < -0.39 is 11.0 Å². The molecule has 2 rings (SSSR count). The number of thiol groups is 1. The molecule has 10 heteroatoms. The zero-order chi connectivity index (χ0) is 26.6. The number of amides is 4. The summed E-state index contributed by atoms with van der Waals surface area (Å²) in [5, 5.41) is 15.3. The zero-order valence-corrected chi connectivity index (χ0v) is 23.1. The van der Waals surface area contributed by atoms with Crippen molar-refractivity contribution in [3.8, 4) is 0 Å². The van der Waals surface area contributed by atoms with Crippen LogP contribution in [-0.4, -0.2) is 57.4 Å². The van der Waals surface area contributed by atoms with Crippen molar-refractivity contribution in [2.75, 3.05) is 13.1 Å². The van der Waals surface area contributed by atoms with Crippen molar-refractivity contribution in [3.05, 3.63) is 52.4 Å². The Morgan fingerprint density at radius 2 is 1.89 bits per heavy atom. The molecule has 194 valence electrons. The third-order valence-corrected chi connectivity index (χ3v) is 6.31. The van der Waals surface area contributed by atoms with Crippen LogP contribution in [-0.2, 0) is 16.1 Å². The van der Waals surface area contributed by atoms with Crippen molar-refractivity contribution in [1.82, 2.24) is 20.7 Å². The fourth-order valence-electron chi connectivity index (χ4n) is 3.18. The number of rotatable bonds is 7. The lowest BCUT2D eigenvalue weighted by Gasteiger charge is -2.36. The van der Waals surface area contributed by atoms with Crippen molar-refractivity contribution < 1.29 is 19.5 Å². The molecule has 1 atom stereocenters. The summed E-state index contributed by atoms with van der Waals surface area (Å²) in [7, 11) is 0. The SMILES string of the molecule is C/C=C\SC(=C(C)C)c1ccc(CNC=O)cc1.CC(=O)NN(C(=O)N1CCC(O)C1)C(C)(C)S. The van der Waals surface area contributed by atoms with Crippen molar-refractivity contribution in [3.63, 3.8) is 0 Å². The van der Waals surface area contributed by atoms with Crippen LogP contribution in [0, 0.1) is 0 Å². The first-order valence-electron chi connectivity index (χ1n) is 11.4. The standard InChI is InChI=1S/C15H19NOS.C10H19N3O3S/c1-4-9-18-15(12(2)3)14-7-5-13(6-8-14)10-16-11-17;1-7(14)11-13(10(2,3)17)9(16)12-5-4-8(15)6-12/h4-9,11H,10H2,1-3H3,(H,16,17);8,15,17H,4-6H2,1-3H3,(H,11,14)/b9-4-;. The Bertz CT molecular complexity index is 907. The van der Waals surface area contributed by atoms with E-state index in [-0.39, 0.29) is 11.9 Å². The van der Waals surface area contributed by atoms with E-state index in [0.717, 1.165) is 12.0 Å². The van der Waals surface area contributed by atoms with Gasteiger partial charge in [0.1, 0.15) is 4.87 Å². The monoisotopic (exact) mass is 522 g/mol. The van der Waals surface area contributed by atoms with Gasteiger partial charge in [0.2, 0.25) is 12.3 Å².